The molecule has 1 amide bonds. The number of hydrogen-bond donors (Lipinski definition) is 1. The Morgan fingerprint density at radius 2 is 1.87 bits per heavy atom. The summed E-state index contributed by atoms with van der Waals surface area (Å²) in [6.45, 7) is 2.42. The number of rotatable bonds is 3. The molecular weight excluding hydrogens is 412 g/mol. The molecule has 0 bridgehead atoms. The van der Waals surface area contributed by atoms with Gasteiger partial charge in [0, 0.05) is 18.9 Å². The molecule has 2 aromatic carbocycles. The normalized spacial score (nSPS) is 26.6. The van der Waals surface area contributed by atoms with Gasteiger partial charge in [0.1, 0.15) is 0 Å². The van der Waals surface area contributed by atoms with Gasteiger partial charge >= 0.3 is 0 Å². The molecule has 0 unspecified atom stereocenters. The molecule has 0 aromatic heterocycles. The van der Waals surface area contributed by atoms with Crippen LogP contribution in [-0.2, 0) is 14.8 Å². The van der Waals surface area contributed by atoms with E-state index in [1.54, 1.807) is 34.6 Å². The van der Waals surface area contributed by atoms with Crippen LogP contribution in [0.1, 0.15) is 36.3 Å². The number of carbonyl (C=O) groups is 1. The Bertz CT molecular complexity index is 1160. The van der Waals surface area contributed by atoms with Crippen molar-refractivity contribution < 1.29 is 18.3 Å². The van der Waals surface area contributed by atoms with Crippen molar-refractivity contribution >= 4 is 21.6 Å². The quantitative estimate of drug-likeness (QED) is 0.748. The van der Waals surface area contributed by atoms with E-state index in [0.29, 0.717) is 18.7 Å². The molecule has 0 aliphatic carbocycles. The van der Waals surface area contributed by atoms with Crippen LogP contribution >= 0.6 is 0 Å². The van der Waals surface area contributed by atoms with Crippen molar-refractivity contribution in [3.05, 3.63) is 71.3 Å². The molecule has 31 heavy (non-hydrogen) atoms. The average molecular weight is 439 g/mol. The Kier molecular flexibility index (Phi) is 4.90. The monoisotopic (exact) mass is 438 g/mol. The molecule has 3 aliphatic heterocycles. The fourth-order valence-corrected chi connectivity index (χ4v) is 7.19. The van der Waals surface area contributed by atoms with Crippen LogP contribution in [0.15, 0.2) is 65.1 Å². The van der Waals surface area contributed by atoms with Crippen molar-refractivity contribution in [1.29, 1.82) is 0 Å². The van der Waals surface area contributed by atoms with E-state index >= 15 is 0 Å². The van der Waals surface area contributed by atoms with Crippen molar-refractivity contribution in [2.45, 2.75) is 49.1 Å². The summed E-state index contributed by atoms with van der Waals surface area (Å²) in [5, 5.41) is 9.61. The molecule has 2 fully saturated rings. The third-order valence-electron chi connectivity index (χ3n) is 6.81. The molecule has 7 heteroatoms. The SMILES string of the molecule is Cc1ccc(S(=O)(=O)N2c3ccccc3[C@H]3CC(=O)N4CCCC(=CCO)[C@@H]4[C@H]32)cc1. The highest BCUT2D eigenvalue weighted by atomic mass is 32.2. The summed E-state index contributed by atoms with van der Waals surface area (Å²) in [6.07, 6.45) is 3.63. The Morgan fingerprint density at radius 1 is 1.13 bits per heavy atom. The zero-order valence-corrected chi connectivity index (χ0v) is 18.3. The van der Waals surface area contributed by atoms with E-state index in [2.05, 4.69) is 0 Å². The molecule has 0 spiro atoms. The van der Waals surface area contributed by atoms with Gasteiger partial charge in [-0.1, -0.05) is 42.0 Å². The molecule has 3 atom stereocenters. The van der Waals surface area contributed by atoms with Crippen LogP contribution in [0.4, 0.5) is 5.69 Å². The van der Waals surface area contributed by atoms with Gasteiger partial charge in [-0.15, -0.1) is 0 Å². The third kappa shape index (κ3) is 3.10. The fraction of sp³-hybridized carbons (Fsp3) is 0.375. The number of aryl methyl sites for hydroxylation is 1. The van der Waals surface area contributed by atoms with Gasteiger partial charge in [0.25, 0.3) is 10.0 Å². The zero-order valence-electron chi connectivity index (χ0n) is 17.4. The first kappa shape index (κ1) is 20.3. The van der Waals surface area contributed by atoms with Crippen LogP contribution in [0.25, 0.3) is 0 Å². The largest absolute Gasteiger partial charge is 0.392 e. The van der Waals surface area contributed by atoms with Gasteiger partial charge in [-0.05, 0) is 49.1 Å². The van der Waals surface area contributed by atoms with E-state index in [1.807, 2.05) is 36.1 Å². The standard InChI is InChI=1S/C24H26N2O4S/c1-16-8-10-18(11-9-16)31(29,30)26-21-7-3-2-6-19(21)20-15-22(28)25-13-4-5-17(12-14-27)23(25)24(20)26/h2-3,6-12,20,23-24,27H,4-5,13-15H2,1H3/t20-,23-,24+/m1/s1. The van der Waals surface area contributed by atoms with Crippen molar-refractivity contribution in [3.8, 4) is 0 Å². The molecule has 0 radical (unpaired) electrons. The lowest BCUT2D eigenvalue weighted by atomic mass is 9.77. The predicted octanol–water partition coefficient (Wildman–Crippen LogP) is 2.97. The van der Waals surface area contributed by atoms with Crippen molar-refractivity contribution in [2.24, 2.45) is 0 Å². The van der Waals surface area contributed by atoms with E-state index in [-0.39, 0.29) is 29.4 Å². The number of aliphatic hydroxyl groups is 1. The van der Waals surface area contributed by atoms with Gasteiger partial charge in [-0.25, -0.2) is 8.42 Å². The summed E-state index contributed by atoms with van der Waals surface area (Å²) in [5.74, 6) is -0.149. The minimum absolute atomic E-state index is 0.0548. The smallest absolute Gasteiger partial charge is 0.264 e. The van der Waals surface area contributed by atoms with Crippen LogP contribution in [0.3, 0.4) is 0 Å². The predicted molar refractivity (Wildman–Crippen MR) is 118 cm³/mol. The molecule has 3 heterocycles. The maximum absolute atomic E-state index is 13.9. The van der Waals surface area contributed by atoms with Crippen LogP contribution in [0, 0.1) is 6.92 Å². The Labute approximate surface area is 182 Å². The van der Waals surface area contributed by atoms with Crippen molar-refractivity contribution in [3.63, 3.8) is 0 Å². The second-order valence-corrected chi connectivity index (χ2v) is 10.4. The Balaban J connectivity index is 1.70. The number of sulfonamides is 1. The molecular formula is C24H26N2O4S. The maximum Gasteiger partial charge on any atom is 0.264 e. The summed E-state index contributed by atoms with van der Waals surface area (Å²) in [4.78, 5) is 15.1. The first-order valence-corrected chi connectivity index (χ1v) is 12.2. The third-order valence-corrected chi connectivity index (χ3v) is 8.63. The molecule has 5 rings (SSSR count). The van der Waals surface area contributed by atoms with E-state index in [1.165, 1.54) is 0 Å². The van der Waals surface area contributed by atoms with Crippen LogP contribution in [0.5, 0.6) is 0 Å². The second-order valence-electron chi connectivity index (χ2n) is 8.57. The molecule has 6 nitrogen and oxygen atoms in total. The van der Waals surface area contributed by atoms with Gasteiger partial charge in [-0.3, -0.25) is 9.10 Å². The number of benzene rings is 2. The van der Waals surface area contributed by atoms with Gasteiger partial charge in [-0.2, -0.15) is 0 Å². The lowest BCUT2D eigenvalue weighted by Crippen LogP contribution is -2.61. The number of carbonyl (C=O) groups excluding carboxylic acids is 1. The molecule has 162 valence electrons. The summed E-state index contributed by atoms with van der Waals surface area (Å²) in [7, 11) is -3.84. The fourth-order valence-electron chi connectivity index (χ4n) is 5.47. The minimum atomic E-state index is -3.84. The van der Waals surface area contributed by atoms with Gasteiger partial charge in [0.2, 0.25) is 5.91 Å². The van der Waals surface area contributed by atoms with Crippen LogP contribution in [0.2, 0.25) is 0 Å². The van der Waals surface area contributed by atoms with E-state index in [4.69, 9.17) is 0 Å². The van der Waals surface area contributed by atoms with E-state index < -0.39 is 16.1 Å². The number of anilines is 1. The number of hydrogen-bond acceptors (Lipinski definition) is 4. The van der Waals surface area contributed by atoms with Crippen molar-refractivity contribution in [1.82, 2.24) is 4.90 Å². The highest BCUT2D eigenvalue weighted by Gasteiger charge is 2.55. The first-order valence-electron chi connectivity index (χ1n) is 10.7. The second kappa shape index (κ2) is 7.50. The number of nitrogens with zero attached hydrogens (tertiary/aromatic N) is 2. The summed E-state index contributed by atoms with van der Waals surface area (Å²) in [6, 6.07) is 13.7. The van der Waals surface area contributed by atoms with Gasteiger partial charge < -0.3 is 10.0 Å². The molecule has 3 aliphatic rings. The number of para-hydroxylation sites is 1. The topological polar surface area (TPSA) is 77.9 Å². The molecule has 1 N–H and O–H groups in total. The number of fused-ring (bicyclic) bond motifs is 5. The van der Waals surface area contributed by atoms with Crippen molar-refractivity contribution in [2.75, 3.05) is 17.5 Å². The lowest BCUT2D eigenvalue weighted by molar-refractivity contribution is -0.137. The van der Waals surface area contributed by atoms with Gasteiger partial charge in [0.15, 0.2) is 0 Å². The Morgan fingerprint density at radius 3 is 2.61 bits per heavy atom. The van der Waals surface area contributed by atoms with Gasteiger partial charge in [0.05, 0.1) is 29.3 Å². The molecule has 0 saturated carbocycles. The lowest BCUT2D eigenvalue weighted by Gasteiger charge is -2.49. The summed E-state index contributed by atoms with van der Waals surface area (Å²) >= 11 is 0. The number of aliphatic hydroxyl groups excluding tert-OH is 1. The maximum atomic E-state index is 13.9. The van der Waals surface area contributed by atoms with Crippen LogP contribution < -0.4 is 4.31 Å². The average Bonchev–Trinajstić information content (AvgIpc) is 3.09. The highest BCUT2D eigenvalue weighted by molar-refractivity contribution is 7.92. The summed E-state index contributed by atoms with van der Waals surface area (Å²) < 4.78 is 29.4. The number of amides is 1. The molecule has 2 saturated heterocycles. The number of piperidine rings is 2. The summed E-state index contributed by atoms with van der Waals surface area (Å²) in [5.41, 5.74) is 3.51. The minimum Gasteiger partial charge on any atom is -0.392 e. The Hall–Kier alpha value is -2.64. The molecule has 2 aromatic rings. The highest BCUT2D eigenvalue weighted by Crippen LogP contribution is 2.52. The zero-order chi connectivity index (χ0) is 21.8. The van der Waals surface area contributed by atoms with E-state index in [0.717, 1.165) is 29.5 Å². The van der Waals surface area contributed by atoms with E-state index in [9.17, 15) is 18.3 Å². The van der Waals surface area contributed by atoms with Crippen LogP contribution in [-0.4, -0.2) is 49.6 Å². The first-order chi connectivity index (χ1) is 14.9.